The highest BCUT2D eigenvalue weighted by molar-refractivity contribution is 5.85. The molecule has 1 N–H and O–H groups in total. The van der Waals surface area contributed by atoms with E-state index in [2.05, 4.69) is 5.32 Å². The van der Waals surface area contributed by atoms with Gasteiger partial charge in [0.2, 0.25) is 0 Å². The summed E-state index contributed by atoms with van der Waals surface area (Å²) in [7, 11) is 1.84. The summed E-state index contributed by atoms with van der Waals surface area (Å²) in [5, 5.41) is 3.14. The zero-order chi connectivity index (χ0) is 18.1. The first kappa shape index (κ1) is 22.1. The molecule has 1 aliphatic heterocycles. The van der Waals surface area contributed by atoms with Crippen LogP contribution in [0.1, 0.15) is 42.5 Å². The Morgan fingerprint density at radius 3 is 1.76 bits per heavy atom. The zero-order valence-electron chi connectivity index (χ0n) is 13.8. The number of piperidine rings is 1. The Labute approximate surface area is 149 Å². The number of hydrogen-bond acceptors (Lipinski definition) is 2. The highest BCUT2D eigenvalue weighted by atomic mass is 35.5. The lowest BCUT2D eigenvalue weighted by atomic mass is 9.97. The summed E-state index contributed by atoms with van der Waals surface area (Å²) in [5.41, 5.74) is -2.48. The average Bonchev–Trinajstić information content (AvgIpc) is 2.52. The number of nitrogens with zero attached hydrogens (tertiary/aromatic N) is 1. The molecule has 1 saturated heterocycles. The summed E-state index contributed by atoms with van der Waals surface area (Å²) < 4.78 is 77.7. The van der Waals surface area contributed by atoms with Crippen molar-refractivity contribution in [1.29, 1.82) is 0 Å². The van der Waals surface area contributed by atoms with E-state index in [0.29, 0.717) is 19.1 Å². The highest BCUT2D eigenvalue weighted by Gasteiger charge is 2.37. The van der Waals surface area contributed by atoms with E-state index in [1.807, 2.05) is 11.9 Å². The fourth-order valence-electron chi connectivity index (χ4n) is 3.01. The molecule has 0 saturated carbocycles. The van der Waals surface area contributed by atoms with E-state index in [1.165, 1.54) is 0 Å². The number of benzene rings is 1. The summed E-state index contributed by atoms with van der Waals surface area (Å²) in [4.78, 5) is 1.92. The normalized spacial score (nSPS) is 18.7. The Bertz CT molecular complexity index is 532. The molecule has 2 nitrogen and oxygen atoms in total. The van der Waals surface area contributed by atoms with Gasteiger partial charge in [-0.25, -0.2) is 0 Å². The molecule has 1 atom stereocenters. The predicted molar refractivity (Wildman–Crippen MR) is 85.8 cm³/mol. The predicted octanol–water partition coefficient (Wildman–Crippen LogP) is 4.89. The monoisotopic (exact) mass is 390 g/mol. The molecule has 1 aliphatic rings. The quantitative estimate of drug-likeness (QED) is 0.739. The van der Waals surface area contributed by atoms with Crippen molar-refractivity contribution in [1.82, 2.24) is 10.2 Å². The van der Waals surface area contributed by atoms with Crippen LogP contribution in [0.15, 0.2) is 18.2 Å². The van der Waals surface area contributed by atoms with E-state index in [9.17, 15) is 26.3 Å². The zero-order valence-corrected chi connectivity index (χ0v) is 14.7. The molecule has 1 aromatic rings. The van der Waals surface area contributed by atoms with Crippen LogP contribution in [0.2, 0.25) is 0 Å². The molecule has 0 aromatic heterocycles. The number of nitrogens with one attached hydrogen (secondary N) is 1. The lowest BCUT2D eigenvalue weighted by Gasteiger charge is -2.36. The molecule has 144 valence electrons. The third-order valence-corrected chi connectivity index (χ3v) is 4.58. The van der Waals surface area contributed by atoms with Gasteiger partial charge < -0.3 is 5.32 Å². The van der Waals surface area contributed by atoms with Crippen LogP contribution in [0.25, 0.3) is 0 Å². The topological polar surface area (TPSA) is 15.3 Å². The number of likely N-dealkylation sites (tertiary alicyclic amines) is 1. The van der Waals surface area contributed by atoms with Crippen LogP contribution in [0, 0.1) is 0 Å². The van der Waals surface area contributed by atoms with Crippen LogP contribution in [0.3, 0.4) is 0 Å². The molecule has 1 heterocycles. The Kier molecular flexibility index (Phi) is 7.18. The standard InChI is InChI=1S/C16H20F6N2.ClH/c1-10(24-5-3-14(23-2)4-6-24)11-7-12(15(17,18)19)9-13(8-11)16(20,21)22;/h7-10,14,23H,3-6H2,1-2H3;1H. The van der Waals surface area contributed by atoms with Crippen LogP contribution >= 0.6 is 12.4 Å². The molecule has 25 heavy (non-hydrogen) atoms. The van der Waals surface area contributed by atoms with Crippen molar-refractivity contribution in [3.05, 3.63) is 34.9 Å². The number of hydrogen-bond donors (Lipinski definition) is 1. The van der Waals surface area contributed by atoms with E-state index < -0.39 is 29.5 Å². The van der Waals surface area contributed by atoms with Crippen LogP contribution in [0.5, 0.6) is 0 Å². The van der Waals surface area contributed by atoms with E-state index in [0.717, 1.165) is 25.0 Å². The van der Waals surface area contributed by atoms with Crippen molar-refractivity contribution in [3.63, 3.8) is 0 Å². The van der Waals surface area contributed by atoms with Gasteiger partial charge in [-0.15, -0.1) is 12.4 Å². The largest absolute Gasteiger partial charge is 0.416 e. The molecule has 0 aliphatic carbocycles. The van der Waals surface area contributed by atoms with Crippen molar-refractivity contribution in [3.8, 4) is 0 Å². The smallest absolute Gasteiger partial charge is 0.317 e. The molecule has 1 unspecified atom stereocenters. The van der Waals surface area contributed by atoms with Gasteiger partial charge in [0.15, 0.2) is 0 Å². The molecule has 9 heteroatoms. The molecule has 0 bridgehead atoms. The first-order valence-electron chi connectivity index (χ1n) is 7.73. The summed E-state index contributed by atoms with van der Waals surface area (Å²) in [6.07, 6.45) is -8.00. The summed E-state index contributed by atoms with van der Waals surface area (Å²) >= 11 is 0. The third kappa shape index (κ3) is 5.49. The lowest BCUT2D eigenvalue weighted by Crippen LogP contribution is -2.42. The van der Waals surface area contributed by atoms with Gasteiger partial charge in [-0.1, -0.05) is 0 Å². The molecule has 0 amide bonds. The van der Waals surface area contributed by atoms with Crippen molar-refractivity contribution in [2.24, 2.45) is 0 Å². The fourth-order valence-corrected chi connectivity index (χ4v) is 3.01. The SMILES string of the molecule is CNC1CCN(C(C)c2cc(C(F)(F)F)cc(C(F)(F)F)c2)CC1.Cl. The Morgan fingerprint density at radius 1 is 0.960 bits per heavy atom. The van der Waals surface area contributed by atoms with Crippen molar-refractivity contribution in [2.75, 3.05) is 20.1 Å². The third-order valence-electron chi connectivity index (χ3n) is 4.58. The molecule has 2 rings (SSSR count). The minimum atomic E-state index is -4.81. The van der Waals surface area contributed by atoms with Crippen molar-refractivity contribution in [2.45, 2.75) is 44.2 Å². The van der Waals surface area contributed by atoms with Gasteiger partial charge in [-0.05, 0) is 50.6 Å². The highest BCUT2D eigenvalue weighted by Crippen LogP contribution is 2.38. The Balaban J connectivity index is 0.00000312. The Hall–Kier alpha value is -0.990. The minimum absolute atomic E-state index is 0. The van der Waals surface area contributed by atoms with Crippen LogP contribution in [-0.4, -0.2) is 31.1 Å². The molecule has 1 fully saturated rings. The fraction of sp³-hybridized carbons (Fsp3) is 0.625. The van der Waals surface area contributed by atoms with Gasteiger partial charge in [0.1, 0.15) is 0 Å². The summed E-state index contributed by atoms with van der Waals surface area (Å²) in [6.45, 7) is 2.91. The van der Waals surface area contributed by atoms with Crippen molar-refractivity contribution >= 4 is 12.4 Å². The van der Waals surface area contributed by atoms with Gasteiger partial charge in [-0.2, -0.15) is 26.3 Å². The second kappa shape index (κ2) is 8.14. The molecular formula is C16H21ClF6N2. The number of rotatable bonds is 3. The van der Waals surface area contributed by atoms with E-state index in [-0.39, 0.29) is 24.0 Å². The van der Waals surface area contributed by atoms with Crippen molar-refractivity contribution < 1.29 is 26.3 Å². The summed E-state index contributed by atoms with van der Waals surface area (Å²) in [5.74, 6) is 0. The average molecular weight is 391 g/mol. The van der Waals surface area contributed by atoms with Gasteiger partial charge in [0.05, 0.1) is 11.1 Å². The Morgan fingerprint density at radius 2 is 1.40 bits per heavy atom. The lowest BCUT2D eigenvalue weighted by molar-refractivity contribution is -0.143. The van der Waals surface area contributed by atoms with E-state index in [1.54, 1.807) is 6.92 Å². The summed E-state index contributed by atoms with van der Waals surface area (Å²) in [6, 6.07) is 1.64. The molecular weight excluding hydrogens is 370 g/mol. The van der Waals surface area contributed by atoms with Gasteiger partial charge >= 0.3 is 12.4 Å². The molecule has 0 spiro atoms. The number of halogens is 7. The minimum Gasteiger partial charge on any atom is -0.317 e. The maximum absolute atomic E-state index is 12.9. The maximum Gasteiger partial charge on any atom is 0.416 e. The number of alkyl halides is 6. The second-order valence-electron chi connectivity index (χ2n) is 6.11. The molecule has 1 aromatic carbocycles. The second-order valence-corrected chi connectivity index (χ2v) is 6.11. The molecule has 0 radical (unpaired) electrons. The first-order valence-corrected chi connectivity index (χ1v) is 7.73. The van der Waals surface area contributed by atoms with E-state index in [4.69, 9.17) is 0 Å². The van der Waals surface area contributed by atoms with Gasteiger partial charge in [-0.3, -0.25) is 4.90 Å². The van der Waals surface area contributed by atoms with Crippen LogP contribution < -0.4 is 5.32 Å². The van der Waals surface area contributed by atoms with Gasteiger partial charge in [0, 0.05) is 25.2 Å². The van der Waals surface area contributed by atoms with Crippen LogP contribution in [0.4, 0.5) is 26.3 Å². The van der Waals surface area contributed by atoms with Crippen LogP contribution in [-0.2, 0) is 12.4 Å². The van der Waals surface area contributed by atoms with E-state index >= 15 is 0 Å². The first-order chi connectivity index (χ1) is 11.0. The maximum atomic E-state index is 12.9. The van der Waals surface area contributed by atoms with Gasteiger partial charge in [0.25, 0.3) is 0 Å².